The van der Waals surface area contributed by atoms with Crippen LogP contribution in [0.2, 0.25) is 0 Å². The average Bonchev–Trinajstić information content (AvgIpc) is 2.36. The molecule has 2 atom stereocenters. The first kappa shape index (κ1) is 51.7. The lowest BCUT2D eigenvalue weighted by atomic mass is 9.69. The highest BCUT2D eigenvalue weighted by Gasteiger charge is 2.44. The van der Waals surface area contributed by atoms with Crippen LogP contribution in [-0.2, 0) is 5.41 Å². The van der Waals surface area contributed by atoms with Crippen molar-refractivity contribution in [3.63, 3.8) is 0 Å². The summed E-state index contributed by atoms with van der Waals surface area (Å²) in [6.45, 7) is 10.9. The summed E-state index contributed by atoms with van der Waals surface area (Å²) in [5, 5.41) is 2.45. The molecule has 0 radical (unpaired) electrons. The standard InChI is InChI=1S/C79H66N2O/c1-4-56-29-33-59(34-30-56)60-39-46-70(47-40-60)82-55-58(6-3)20-18-19-51-79(65-21-10-7-11-22-65)75-28-17-16-27-71(75)72-48-45-69(54-76(72)79)80(66-23-12-8-13-24-66)68-43-37-62(38-44-68)64-42-50-78-74(53-64)73-52-63(61-35-31-57(5-2)32-36-61)41-49-77(73)81(78)67-25-14-9-15-26-67/h4-5,7-17,21-50,52-54,58H,1-2,6,18-20,51,55H2,3H3. The van der Waals surface area contributed by atoms with Crippen LogP contribution in [0, 0.1) is 5.92 Å². The minimum absolute atomic E-state index is 0.333. The van der Waals surface area contributed by atoms with E-state index in [1.165, 1.54) is 83.0 Å². The van der Waals surface area contributed by atoms with Gasteiger partial charge in [0.15, 0.2) is 0 Å². The van der Waals surface area contributed by atoms with E-state index in [0.717, 1.165) is 71.7 Å². The number of hydrogen-bond donors (Lipinski definition) is 0. The predicted octanol–water partition coefficient (Wildman–Crippen LogP) is 21.5. The summed E-state index contributed by atoms with van der Waals surface area (Å²) in [6, 6.07) is 98.0. The van der Waals surface area contributed by atoms with Crippen molar-refractivity contribution in [1.82, 2.24) is 4.57 Å². The number of rotatable bonds is 19. The van der Waals surface area contributed by atoms with Gasteiger partial charge in [0.2, 0.25) is 0 Å². The highest BCUT2D eigenvalue weighted by molar-refractivity contribution is 6.11. The molecule has 1 aliphatic rings. The molecular weight excluding hydrogens is 993 g/mol. The molecule has 0 N–H and O–H groups in total. The molecule has 2 unspecified atom stereocenters. The van der Waals surface area contributed by atoms with E-state index in [9.17, 15) is 0 Å². The van der Waals surface area contributed by atoms with Crippen LogP contribution in [0.5, 0.6) is 5.75 Å². The Labute approximate surface area is 483 Å². The van der Waals surface area contributed by atoms with Crippen molar-refractivity contribution in [2.24, 2.45) is 5.92 Å². The van der Waals surface area contributed by atoms with Gasteiger partial charge in [-0.2, -0.15) is 0 Å². The molecule has 0 saturated heterocycles. The van der Waals surface area contributed by atoms with Crippen LogP contribution in [0.1, 0.15) is 66.8 Å². The maximum Gasteiger partial charge on any atom is 0.119 e. The van der Waals surface area contributed by atoms with E-state index in [1.807, 2.05) is 12.2 Å². The van der Waals surface area contributed by atoms with Crippen molar-refractivity contribution in [2.45, 2.75) is 44.4 Å². The molecule has 12 aromatic rings. The largest absolute Gasteiger partial charge is 0.493 e. The quantitative estimate of drug-likeness (QED) is 0.0751. The number of nitrogens with zero attached hydrogens (tertiary/aromatic N) is 2. The number of aromatic nitrogens is 1. The van der Waals surface area contributed by atoms with Gasteiger partial charge in [0.1, 0.15) is 5.75 Å². The molecule has 13 rings (SSSR count). The number of anilines is 3. The third-order valence-corrected chi connectivity index (χ3v) is 17.2. The zero-order chi connectivity index (χ0) is 55.4. The summed E-state index contributed by atoms with van der Waals surface area (Å²) < 4.78 is 8.88. The number of ether oxygens (including phenoxy) is 1. The van der Waals surface area contributed by atoms with Gasteiger partial charge in [0.25, 0.3) is 0 Å². The minimum atomic E-state index is -0.333. The van der Waals surface area contributed by atoms with Gasteiger partial charge >= 0.3 is 0 Å². The van der Waals surface area contributed by atoms with Crippen molar-refractivity contribution in [3.05, 3.63) is 308 Å². The van der Waals surface area contributed by atoms with E-state index < -0.39 is 0 Å². The van der Waals surface area contributed by atoms with Crippen molar-refractivity contribution >= 4 is 51.0 Å². The lowest BCUT2D eigenvalue weighted by Crippen LogP contribution is -2.27. The average molecular weight is 1060 g/mol. The molecular formula is C79H66N2O. The fraction of sp³-hybridized carbons (Fsp3) is 0.114. The fourth-order valence-corrected chi connectivity index (χ4v) is 12.8. The first-order valence-corrected chi connectivity index (χ1v) is 29.1. The number of hydrogen-bond acceptors (Lipinski definition) is 2. The van der Waals surface area contributed by atoms with Gasteiger partial charge in [0, 0.05) is 38.9 Å². The first-order valence-electron chi connectivity index (χ1n) is 29.1. The molecule has 0 fully saturated rings. The molecule has 0 bridgehead atoms. The molecule has 1 aliphatic carbocycles. The van der Waals surface area contributed by atoms with Crippen molar-refractivity contribution in [1.29, 1.82) is 0 Å². The zero-order valence-corrected chi connectivity index (χ0v) is 46.6. The van der Waals surface area contributed by atoms with Gasteiger partial charge in [0.05, 0.1) is 17.6 Å². The van der Waals surface area contributed by atoms with E-state index in [4.69, 9.17) is 4.74 Å². The first-order chi connectivity index (χ1) is 40.5. The highest BCUT2D eigenvalue weighted by Crippen LogP contribution is 2.56. The van der Waals surface area contributed by atoms with Crippen LogP contribution in [0.15, 0.2) is 280 Å². The Hall–Kier alpha value is -9.70. The lowest BCUT2D eigenvalue weighted by Gasteiger charge is -2.34. The SMILES string of the molecule is C=Cc1ccc(-c2ccc(OCC(CC)CCCCC3(c4ccccc4)c4ccccc4-c4ccc(N(c5ccccc5)c5ccc(-c6ccc7c(c6)c6cc(-c8ccc(C=C)cc8)ccc6n7-c6ccccc6)cc5)cc43)cc2)cc1. The van der Waals surface area contributed by atoms with Gasteiger partial charge in [-0.1, -0.05) is 233 Å². The van der Waals surface area contributed by atoms with E-state index >= 15 is 0 Å². The van der Waals surface area contributed by atoms with Gasteiger partial charge in [-0.3, -0.25) is 0 Å². The molecule has 0 saturated carbocycles. The van der Waals surface area contributed by atoms with Crippen LogP contribution in [0.25, 0.3) is 84.2 Å². The van der Waals surface area contributed by atoms with E-state index in [-0.39, 0.29) is 5.41 Å². The van der Waals surface area contributed by atoms with Crippen LogP contribution in [0.4, 0.5) is 17.1 Å². The van der Waals surface area contributed by atoms with Gasteiger partial charge < -0.3 is 14.2 Å². The molecule has 82 heavy (non-hydrogen) atoms. The topological polar surface area (TPSA) is 17.4 Å². The second-order valence-electron chi connectivity index (χ2n) is 21.9. The Morgan fingerprint density at radius 3 is 1.54 bits per heavy atom. The van der Waals surface area contributed by atoms with Gasteiger partial charge in [-0.05, 0) is 176 Å². The van der Waals surface area contributed by atoms with E-state index in [0.29, 0.717) is 12.5 Å². The smallest absolute Gasteiger partial charge is 0.119 e. The highest BCUT2D eigenvalue weighted by atomic mass is 16.5. The van der Waals surface area contributed by atoms with Crippen LogP contribution in [-0.4, -0.2) is 11.2 Å². The van der Waals surface area contributed by atoms with E-state index in [2.05, 4.69) is 296 Å². The summed E-state index contributed by atoms with van der Waals surface area (Å²) in [5.41, 5.74) is 22.6. The Kier molecular flexibility index (Phi) is 14.4. The Morgan fingerprint density at radius 1 is 0.451 bits per heavy atom. The monoisotopic (exact) mass is 1060 g/mol. The molecule has 398 valence electrons. The van der Waals surface area contributed by atoms with Crippen LogP contribution in [0.3, 0.4) is 0 Å². The summed E-state index contributed by atoms with van der Waals surface area (Å²) in [5.74, 6) is 1.38. The molecule has 1 heterocycles. The van der Waals surface area contributed by atoms with Crippen molar-refractivity contribution < 1.29 is 4.74 Å². The number of para-hydroxylation sites is 2. The molecule has 3 nitrogen and oxygen atoms in total. The number of unbranched alkanes of at least 4 members (excludes halogenated alkanes) is 1. The molecule has 11 aromatic carbocycles. The van der Waals surface area contributed by atoms with Gasteiger partial charge in [-0.15, -0.1) is 0 Å². The molecule has 1 aromatic heterocycles. The summed E-state index contributed by atoms with van der Waals surface area (Å²) in [6.07, 6.45) is 9.15. The summed E-state index contributed by atoms with van der Waals surface area (Å²) in [7, 11) is 0. The third kappa shape index (κ3) is 9.83. The van der Waals surface area contributed by atoms with Gasteiger partial charge in [-0.25, -0.2) is 0 Å². The lowest BCUT2D eigenvalue weighted by molar-refractivity contribution is 0.232. The maximum absolute atomic E-state index is 6.48. The number of fused-ring (bicyclic) bond motifs is 6. The van der Waals surface area contributed by atoms with Crippen LogP contribution >= 0.6 is 0 Å². The maximum atomic E-state index is 6.48. The Morgan fingerprint density at radius 2 is 0.939 bits per heavy atom. The normalized spacial score (nSPS) is 13.8. The van der Waals surface area contributed by atoms with E-state index in [1.54, 1.807) is 0 Å². The molecule has 3 heteroatoms. The zero-order valence-electron chi connectivity index (χ0n) is 46.6. The Balaban J connectivity index is 0.807. The van der Waals surface area contributed by atoms with Crippen molar-refractivity contribution in [2.75, 3.05) is 11.5 Å². The molecule has 0 amide bonds. The third-order valence-electron chi connectivity index (χ3n) is 17.2. The van der Waals surface area contributed by atoms with Crippen molar-refractivity contribution in [3.8, 4) is 55.9 Å². The fourth-order valence-electron chi connectivity index (χ4n) is 12.8. The summed E-state index contributed by atoms with van der Waals surface area (Å²) in [4.78, 5) is 2.43. The predicted molar refractivity (Wildman–Crippen MR) is 348 cm³/mol. The summed E-state index contributed by atoms with van der Waals surface area (Å²) >= 11 is 0. The second kappa shape index (κ2) is 22.8. The molecule has 0 spiro atoms. The molecule has 0 aliphatic heterocycles. The minimum Gasteiger partial charge on any atom is -0.493 e. The second-order valence-corrected chi connectivity index (χ2v) is 21.9. The Bertz CT molecular complexity index is 4200. The van der Waals surface area contributed by atoms with Crippen LogP contribution < -0.4 is 9.64 Å². The number of benzene rings is 11.